The van der Waals surface area contributed by atoms with Gasteiger partial charge in [-0.05, 0) is 18.4 Å². The minimum Gasteiger partial charge on any atom is -0.464 e. The largest absolute Gasteiger partial charge is 0.464 e. The molecule has 2 unspecified atom stereocenters. The quantitative estimate of drug-likeness (QED) is 0.381. The van der Waals surface area contributed by atoms with Crippen LogP contribution in [0.4, 0.5) is 0 Å². The minimum atomic E-state index is -1.35. The van der Waals surface area contributed by atoms with Crippen LogP contribution in [0, 0.1) is 0 Å². The zero-order chi connectivity index (χ0) is 18.9. The lowest BCUT2D eigenvalue weighted by atomic mass is 10.1. The van der Waals surface area contributed by atoms with Crippen LogP contribution in [0.15, 0.2) is 42.1 Å². The fraction of sp³-hybridized carbons (Fsp3) is 0.474. The third-order valence-corrected chi connectivity index (χ3v) is 4.54. The molecule has 2 atom stereocenters. The summed E-state index contributed by atoms with van der Waals surface area (Å²) in [5, 5.41) is 0. The van der Waals surface area contributed by atoms with Gasteiger partial charge in [0.15, 0.2) is 0 Å². The molecule has 138 valence electrons. The van der Waals surface area contributed by atoms with E-state index in [2.05, 4.69) is 36.2 Å². The Morgan fingerprint density at radius 2 is 1.80 bits per heavy atom. The number of carbonyl (C=O) groups excluding carboxylic acids is 2. The molecule has 0 amide bonds. The van der Waals surface area contributed by atoms with Gasteiger partial charge in [0, 0.05) is 6.92 Å². The first kappa shape index (κ1) is 21.1. The molecule has 0 fully saturated rings. The second kappa shape index (κ2) is 10.2. The molecule has 0 aliphatic carbocycles. The van der Waals surface area contributed by atoms with Crippen LogP contribution in [0.1, 0.15) is 18.9 Å². The van der Waals surface area contributed by atoms with E-state index in [0.29, 0.717) is 12.8 Å². The Morgan fingerprint density at radius 1 is 1.16 bits per heavy atom. The van der Waals surface area contributed by atoms with E-state index < -0.39 is 26.3 Å². The van der Waals surface area contributed by atoms with Crippen LogP contribution in [0.5, 0.6) is 0 Å². The summed E-state index contributed by atoms with van der Waals surface area (Å²) in [6.45, 7) is 7.96. The normalized spacial score (nSPS) is 14.1. The Balaban J connectivity index is 2.88. The van der Waals surface area contributed by atoms with Crippen LogP contribution < -0.4 is 0 Å². The van der Waals surface area contributed by atoms with E-state index in [-0.39, 0.29) is 6.10 Å². The zero-order valence-corrected chi connectivity index (χ0v) is 16.7. The number of ether oxygens (including phenoxy) is 3. The van der Waals surface area contributed by atoms with Gasteiger partial charge in [0.2, 0.25) is 0 Å². The Bertz CT molecular complexity index is 577. The van der Waals surface area contributed by atoms with Crippen LogP contribution >= 0.6 is 0 Å². The SMILES string of the molecule is COC(=O)C(OC(C)=O)OC(C/C=C/[Si](C)(C)C)Cc1ccccc1. The molecule has 5 nitrogen and oxygen atoms in total. The summed E-state index contributed by atoms with van der Waals surface area (Å²) in [5.41, 5.74) is 3.31. The van der Waals surface area contributed by atoms with Crippen molar-refractivity contribution in [3.05, 3.63) is 47.7 Å². The van der Waals surface area contributed by atoms with Gasteiger partial charge in [-0.2, -0.15) is 0 Å². The smallest absolute Gasteiger partial charge is 0.376 e. The molecule has 1 rings (SSSR count). The fourth-order valence-electron chi connectivity index (χ4n) is 2.19. The molecule has 1 aromatic rings. The van der Waals surface area contributed by atoms with Crippen LogP contribution in [-0.4, -0.2) is 39.5 Å². The van der Waals surface area contributed by atoms with E-state index in [1.165, 1.54) is 14.0 Å². The van der Waals surface area contributed by atoms with Crippen LogP contribution in [0.2, 0.25) is 19.6 Å². The number of hydrogen-bond donors (Lipinski definition) is 0. The molecule has 0 aromatic heterocycles. The summed E-state index contributed by atoms with van der Waals surface area (Å²) >= 11 is 0. The summed E-state index contributed by atoms with van der Waals surface area (Å²) < 4.78 is 15.4. The highest BCUT2D eigenvalue weighted by Gasteiger charge is 2.27. The molecular weight excluding hydrogens is 336 g/mol. The highest BCUT2D eigenvalue weighted by Crippen LogP contribution is 2.15. The van der Waals surface area contributed by atoms with Crippen molar-refractivity contribution in [3.8, 4) is 0 Å². The number of rotatable bonds is 9. The van der Waals surface area contributed by atoms with Crippen molar-refractivity contribution in [2.45, 2.75) is 51.8 Å². The number of carbonyl (C=O) groups is 2. The monoisotopic (exact) mass is 364 g/mol. The van der Waals surface area contributed by atoms with Gasteiger partial charge in [-0.3, -0.25) is 4.79 Å². The third kappa shape index (κ3) is 9.21. The van der Waals surface area contributed by atoms with Crippen LogP contribution in [0.3, 0.4) is 0 Å². The molecular formula is C19H28O5Si. The standard InChI is InChI=1S/C19H28O5Si/c1-15(20)23-19(18(21)22-2)24-17(12-9-13-25(3,4)5)14-16-10-7-6-8-11-16/h6-11,13,17,19H,12,14H2,1-5H3/b13-9+. The average Bonchev–Trinajstić information content (AvgIpc) is 2.52. The molecule has 0 N–H and O–H groups in total. The van der Waals surface area contributed by atoms with Crippen molar-refractivity contribution in [2.24, 2.45) is 0 Å². The Labute approximate surface area is 151 Å². The Hall–Kier alpha value is -1.92. The molecule has 0 aliphatic rings. The van der Waals surface area contributed by atoms with E-state index in [0.717, 1.165) is 5.56 Å². The highest BCUT2D eigenvalue weighted by atomic mass is 28.3. The van der Waals surface area contributed by atoms with Crippen molar-refractivity contribution in [1.82, 2.24) is 0 Å². The lowest BCUT2D eigenvalue weighted by molar-refractivity contribution is -0.206. The molecule has 0 heterocycles. The topological polar surface area (TPSA) is 61.8 Å². The van der Waals surface area contributed by atoms with Gasteiger partial charge in [0.25, 0.3) is 0 Å². The predicted octanol–water partition coefficient (Wildman–Crippen LogP) is 3.50. The molecule has 1 aromatic carbocycles. The molecule has 6 heteroatoms. The minimum absolute atomic E-state index is 0.307. The van der Waals surface area contributed by atoms with Crippen molar-refractivity contribution >= 4 is 20.0 Å². The van der Waals surface area contributed by atoms with Crippen molar-refractivity contribution in [1.29, 1.82) is 0 Å². The molecule has 0 aliphatic heterocycles. The van der Waals surface area contributed by atoms with Gasteiger partial charge in [-0.1, -0.05) is 61.7 Å². The summed E-state index contributed by atoms with van der Waals surface area (Å²) in [5.74, 6) is -1.31. The Kier molecular flexibility index (Phi) is 8.58. The highest BCUT2D eigenvalue weighted by molar-refractivity contribution is 6.80. The van der Waals surface area contributed by atoms with Gasteiger partial charge in [0.1, 0.15) is 0 Å². The number of esters is 2. The summed E-state index contributed by atoms with van der Waals surface area (Å²) in [6, 6.07) is 9.85. The molecule has 0 bridgehead atoms. The summed E-state index contributed by atoms with van der Waals surface area (Å²) in [4.78, 5) is 23.1. The fourth-order valence-corrected chi connectivity index (χ4v) is 3.03. The van der Waals surface area contributed by atoms with Crippen LogP contribution in [0.25, 0.3) is 0 Å². The van der Waals surface area contributed by atoms with E-state index in [4.69, 9.17) is 9.47 Å². The molecule has 25 heavy (non-hydrogen) atoms. The molecule has 0 radical (unpaired) electrons. The molecule has 0 saturated heterocycles. The van der Waals surface area contributed by atoms with Gasteiger partial charge < -0.3 is 14.2 Å². The van der Waals surface area contributed by atoms with Gasteiger partial charge in [-0.25, -0.2) is 4.79 Å². The van der Waals surface area contributed by atoms with Gasteiger partial charge in [-0.15, -0.1) is 0 Å². The first-order valence-electron chi connectivity index (χ1n) is 8.33. The van der Waals surface area contributed by atoms with E-state index in [1.54, 1.807) is 0 Å². The number of hydrogen-bond acceptors (Lipinski definition) is 5. The predicted molar refractivity (Wildman–Crippen MR) is 99.7 cm³/mol. The lowest BCUT2D eigenvalue weighted by Crippen LogP contribution is -2.35. The number of methoxy groups -OCH3 is 1. The first-order valence-corrected chi connectivity index (χ1v) is 11.9. The maximum atomic E-state index is 11.8. The van der Waals surface area contributed by atoms with E-state index in [1.807, 2.05) is 30.3 Å². The van der Waals surface area contributed by atoms with E-state index in [9.17, 15) is 9.59 Å². The van der Waals surface area contributed by atoms with Gasteiger partial charge >= 0.3 is 18.2 Å². The van der Waals surface area contributed by atoms with Crippen LogP contribution in [-0.2, 0) is 30.2 Å². The second-order valence-electron chi connectivity index (χ2n) is 6.92. The zero-order valence-electron chi connectivity index (χ0n) is 15.7. The van der Waals surface area contributed by atoms with Crippen molar-refractivity contribution in [3.63, 3.8) is 0 Å². The van der Waals surface area contributed by atoms with Crippen molar-refractivity contribution < 1.29 is 23.8 Å². The Morgan fingerprint density at radius 3 is 2.32 bits per heavy atom. The summed E-state index contributed by atoms with van der Waals surface area (Å²) in [6.07, 6.45) is 1.65. The second-order valence-corrected chi connectivity index (χ2v) is 12.0. The molecule has 0 spiro atoms. The molecule has 0 saturated carbocycles. The van der Waals surface area contributed by atoms with E-state index >= 15 is 0 Å². The van der Waals surface area contributed by atoms with Gasteiger partial charge in [0.05, 0.1) is 21.3 Å². The first-order chi connectivity index (χ1) is 11.7. The maximum absolute atomic E-state index is 11.8. The third-order valence-electron chi connectivity index (χ3n) is 3.31. The van der Waals surface area contributed by atoms with Crippen molar-refractivity contribution in [2.75, 3.05) is 7.11 Å². The maximum Gasteiger partial charge on any atom is 0.376 e. The number of benzene rings is 1. The lowest BCUT2D eigenvalue weighted by Gasteiger charge is -2.22. The summed E-state index contributed by atoms with van der Waals surface area (Å²) in [7, 11) is -0.0884. The average molecular weight is 365 g/mol.